The molecular weight excluding hydrogens is 478 g/mol. The highest BCUT2D eigenvalue weighted by Crippen LogP contribution is 2.46. The van der Waals surface area contributed by atoms with Gasteiger partial charge in [-0.2, -0.15) is 0 Å². The van der Waals surface area contributed by atoms with Gasteiger partial charge in [0.15, 0.2) is 22.4 Å². The number of aliphatic imine (C=N–C) groups is 2. The number of anilines is 1. The molecule has 12 heteroatoms. The number of thiazole rings is 1. The van der Waals surface area contributed by atoms with Crippen molar-refractivity contribution >= 4 is 46.1 Å². The van der Waals surface area contributed by atoms with Crippen LogP contribution in [0.1, 0.15) is 44.2 Å². The molecule has 36 heavy (non-hydrogen) atoms. The number of carbonyl (C=O) groups excluding carboxylic acids is 1. The molecule has 0 aliphatic heterocycles. The van der Waals surface area contributed by atoms with Crippen LogP contribution in [0.2, 0.25) is 0 Å². The number of amides is 1. The van der Waals surface area contributed by atoms with Gasteiger partial charge in [-0.1, -0.05) is 12.1 Å². The van der Waals surface area contributed by atoms with Gasteiger partial charge in [-0.3, -0.25) is 14.8 Å². The van der Waals surface area contributed by atoms with E-state index in [1.165, 1.54) is 17.4 Å². The van der Waals surface area contributed by atoms with E-state index in [0.29, 0.717) is 33.9 Å². The molecule has 1 fully saturated rings. The van der Waals surface area contributed by atoms with E-state index in [1.807, 2.05) is 17.5 Å². The smallest absolute Gasteiger partial charge is 0.270 e. The van der Waals surface area contributed by atoms with Gasteiger partial charge in [-0.05, 0) is 38.6 Å². The maximum Gasteiger partial charge on any atom is 0.270 e. The zero-order valence-electron chi connectivity index (χ0n) is 20.1. The molecule has 5 rings (SSSR count). The quantitative estimate of drug-likeness (QED) is 0.187. The van der Waals surface area contributed by atoms with Gasteiger partial charge in [0.1, 0.15) is 22.7 Å². The number of nitrogens with one attached hydrogen (secondary N) is 3. The molecule has 184 valence electrons. The Bertz CT molecular complexity index is 1480. The molecule has 4 heterocycles. The summed E-state index contributed by atoms with van der Waals surface area (Å²) >= 11 is 1.41. The lowest BCUT2D eigenvalue weighted by Gasteiger charge is -2.11. The van der Waals surface area contributed by atoms with Crippen LogP contribution < -0.4 is 10.6 Å². The number of hydrogen-bond donors (Lipinski definition) is 3. The van der Waals surface area contributed by atoms with Crippen LogP contribution in [0.25, 0.3) is 22.7 Å². The van der Waals surface area contributed by atoms with Gasteiger partial charge in [0.2, 0.25) is 0 Å². The lowest BCUT2D eigenvalue weighted by atomic mass is 10.1. The highest BCUT2D eigenvalue weighted by molar-refractivity contribution is 7.13. The number of hydrogen-bond acceptors (Lipinski definition) is 9. The van der Waals surface area contributed by atoms with Gasteiger partial charge in [-0.15, -0.1) is 11.3 Å². The SMILES string of the molecule is C=N/C(=C\C(=N/C)Nc1nccs1)C(=O)NC(C)c1cc(-c2nc3ccc(C4(C)CC4)nc3[nH]2)no1. The zero-order valence-corrected chi connectivity index (χ0v) is 20.9. The fourth-order valence-corrected chi connectivity index (χ4v) is 4.14. The molecule has 1 aliphatic carbocycles. The third kappa shape index (κ3) is 4.80. The van der Waals surface area contributed by atoms with Crippen molar-refractivity contribution in [3.8, 4) is 11.5 Å². The van der Waals surface area contributed by atoms with Gasteiger partial charge < -0.3 is 20.1 Å². The van der Waals surface area contributed by atoms with Crippen LogP contribution in [0.5, 0.6) is 0 Å². The third-order valence-corrected chi connectivity index (χ3v) is 6.78. The standard InChI is InChI=1S/C24H25N9O2S/c1-13(28-22(34)16(25-3)12-19(26-4)31-23-27-9-10-36-23)17-11-15(33-35-17)21-29-14-5-6-18(24(2)7-8-24)30-20(14)32-21/h5-6,9-13H,3,7-8H2,1-2,4H3,(H,28,34)(H,26,27,31)(H,29,30,32)/b16-12-. The number of pyridine rings is 1. The summed E-state index contributed by atoms with van der Waals surface area (Å²) < 4.78 is 5.50. The van der Waals surface area contributed by atoms with E-state index in [4.69, 9.17) is 9.51 Å². The second-order valence-corrected chi connectivity index (χ2v) is 9.67. The molecule has 4 aromatic heterocycles. The first-order chi connectivity index (χ1) is 17.4. The zero-order chi connectivity index (χ0) is 25.3. The third-order valence-electron chi connectivity index (χ3n) is 6.09. The summed E-state index contributed by atoms with van der Waals surface area (Å²) in [4.78, 5) is 37.5. The van der Waals surface area contributed by atoms with E-state index in [2.05, 4.69) is 54.4 Å². The van der Waals surface area contributed by atoms with Crippen LogP contribution in [0, 0.1) is 0 Å². The Hall–Kier alpha value is -4.19. The minimum Gasteiger partial charge on any atom is -0.358 e. The molecule has 1 saturated carbocycles. The summed E-state index contributed by atoms with van der Waals surface area (Å²) in [5.74, 6) is 1.00. The van der Waals surface area contributed by atoms with E-state index in [0.717, 1.165) is 24.1 Å². The first-order valence-electron chi connectivity index (χ1n) is 11.4. The van der Waals surface area contributed by atoms with Gasteiger partial charge >= 0.3 is 0 Å². The fourth-order valence-electron chi connectivity index (χ4n) is 3.61. The molecule has 1 aliphatic rings. The number of imidazole rings is 1. The van der Waals surface area contributed by atoms with Gasteiger partial charge in [0.05, 0.1) is 6.04 Å². The Kier molecular flexibility index (Phi) is 6.18. The summed E-state index contributed by atoms with van der Waals surface area (Å²) in [6, 6.07) is 5.26. The first kappa shape index (κ1) is 23.5. The van der Waals surface area contributed by atoms with Crippen molar-refractivity contribution in [1.82, 2.24) is 30.4 Å². The molecule has 3 N–H and O–H groups in total. The molecule has 1 amide bonds. The van der Waals surface area contributed by atoms with Crippen molar-refractivity contribution in [1.29, 1.82) is 0 Å². The highest BCUT2D eigenvalue weighted by atomic mass is 32.1. The molecule has 4 aromatic rings. The molecule has 11 nitrogen and oxygen atoms in total. The lowest BCUT2D eigenvalue weighted by molar-refractivity contribution is -0.118. The molecule has 1 atom stereocenters. The average molecular weight is 504 g/mol. The fraction of sp³-hybridized carbons (Fsp3) is 0.292. The van der Waals surface area contributed by atoms with Gasteiger partial charge in [0, 0.05) is 41.9 Å². The van der Waals surface area contributed by atoms with Crippen LogP contribution >= 0.6 is 11.3 Å². The van der Waals surface area contributed by atoms with Crippen molar-refractivity contribution in [2.75, 3.05) is 12.4 Å². The summed E-state index contributed by atoms with van der Waals surface area (Å²) in [6.45, 7) is 7.51. The molecule has 0 aromatic carbocycles. The van der Waals surface area contributed by atoms with Crippen LogP contribution in [-0.4, -0.2) is 50.6 Å². The largest absolute Gasteiger partial charge is 0.358 e. The Morgan fingerprint density at radius 2 is 2.19 bits per heavy atom. The summed E-state index contributed by atoms with van der Waals surface area (Å²) in [5.41, 5.74) is 3.33. The number of aromatic nitrogens is 5. The van der Waals surface area contributed by atoms with E-state index in [-0.39, 0.29) is 11.1 Å². The Labute approximate surface area is 210 Å². The van der Waals surface area contributed by atoms with E-state index >= 15 is 0 Å². The number of nitrogens with zero attached hydrogens (tertiary/aromatic N) is 6. The number of fused-ring (bicyclic) bond motifs is 1. The maximum absolute atomic E-state index is 12.8. The second kappa shape index (κ2) is 9.46. The van der Waals surface area contributed by atoms with Crippen LogP contribution in [-0.2, 0) is 10.2 Å². The second-order valence-electron chi connectivity index (χ2n) is 8.78. The molecule has 1 unspecified atom stereocenters. The van der Waals surface area contributed by atoms with Crippen molar-refractivity contribution in [2.45, 2.75) is 38.1 Å². The Balaban J connectivity index is 1.28. The minimum absolute atomic E-state index is 0.0924. The average Bonchev–Trinajstić information content (AvgIpc) is 3.32. The van der Waals surface area contributed by atoms with Crippen molar-refractivity contribution < 1.29 is 9.32 Å². The maximum atomic E-state index is 12.8. The predicted molar refractivity (Wildman–Crippen MR) is 139 cm³/mol. The number of rotatable bonds is 8. The van der Waals surface area contributed by atoms with Crippen LogP contribution in [0.3, 0.4) is 0 Å². The van der Waals surface area contributed by atoms with E-state index in [9.17, 15) is 4.79 Å². The number of amidine groups is 1. The lowest BCUT2D eigenvalue weighted by Crippen LogP contribution is -2.28. The molecule has 0 spiro atoms. The Morgan fingerprint density at radius 3 is 2.89 bits per heavy atom. The van der Waals surface area contributed by atoms with Crippen molar-refractivity contribution in [3.63, 3.8) is 0 Å². The molecule has 0 saturated heterocycles. The summed E-state index contributed by atoms with van der Waals surface area (Å²) in [6.07, 6.45) is 5.47. The highest BCUT2D eigenvalue weighted by Gasteiger charge is 2.40. The normalized spacial score (nSPS) is 16.1. The van der Waals surface area contributed by atoms with Crippen LogP contribution in [0.4, 0.5) is 5.13 Å². The predicted octanol–water partition coefficient (Wildman–Crippen LogP) is 4.02. The van der Waals surface area contributed by atoms with E-state index < -0.39 is 11.9 Å². The topological polar surface area (TPSA) is 146 Å². The molecular formula is C24H25N9O2S. The summed E-state index contributed by atoms with van der Waals surface area (Å²) in [7, 11) is 1.60. The number of carbonyl (C=O) groups is 1. The minimum atomic E-state index is -0.484. The van der Waals surface area contributed by atoms with Gasteiger partial charge in [-0.25, -0.2) is 15.0 Å². The van der Waals surface area contributed by atoms with Crippen molar-refractivity contribution in [2.24, 2.45) is 9.98 Å². The monoisotopic (exact) mass is 503 g/mol. The first-order valence-corrected chi connectivity index (χ1v) is 12.2. The molecule has 0 bridgehead atoms. The number of aromatic amines is 1. The van der Waals surface area contributed by atoms with Crippen LogP contribution in [0.15, 0.2) is 56.1 Å². The van der Waals surface area contributed by atoms with E-state index in [1.54, 1.807) is 26.2 Å². The number of H-pyrrole nitrogens is 1. The van der Waals surface area contributed by atoms with Crippen molar-refractivity contribution in [3.05, 3.63) is 53.0 Å². The molecule has 0 radical (unpaired) electrons. The summed E-state index contributed by atoms with van der Waals surface area (Å²) in [5, 5.41) is 12.5. The van der Waals surface area contributed by atoms with Gasteiger partial charge in [0.25, 0.3) is 5.91 Å². The Morgan fingerprint density at radius 1 is 1.36 bits per heavy atom.